The summed E-state index contributed by atoms with van der Waals surface area (Å²) in [6.45, 7) is 0. The molecule has 0 aliphatic carbocycles. The van der Waals surface area contributed by atoms with Gasteiger partial charge in [-0.3, -0.25) is 0 Å². The van der Waals surface area contributed by atoms with Crippen molar-refractivity contribution in [2.75, 3.05) is 0 Å². The maximum Gasteiger partial charge on any atom is 0.164 e. The molecule has 0 bridgehead atoms. The first-order valence-corrected chi connectivity index (χ1v) is 15.9. The largest absolute Gasteiger partial charge is 0.455 e. The van der Waals surface area contributed by atoms with Crippen LogP contribution in [0.15, 0.2) is 160 Å². The third-order valence-corrected chi connectivity index (χ3v) is 9.12. The Kier molecular flexibility index (Phi) is 5.81. The molecule has 10 aromatic rings. The van der Waals surface area contributed by atoms with E-state index in [0.29, 0.717) is 17.5 Å². The fraction of sp³-hybridized carbons (Fsp3) is 0. The number of rotatable bonds is 4. The molecule has 0 aliphatic heterocycles. The molecular weight excluding hydrogens is 590 g/mol. The minimum atomic E-state index is 0.589. The number of furan rings is 2. The van der Waals surface area contributed by atoms with Gasteiger partial charge in [0.1, 0.15) is 22.3 Å². The van der Waals surface area contributed by atoms with E-state index in [4.69, 9.17) is 23.8 Å². The number of para-hydroxylation sites is 2. The molecule has 10 rings (SSSR count). The topological polar surface area (TPSA) is 65.0 Å². The van der Waals surface area contributed by atoms with Crippen LogP contribution in [-0.2, 0) is 0 Å². The predicted octanol–water partition coefficient (Wildman–Crippen LogP) is 11.5. The summed E-state index contributed by atoms with van der Waals surface area (Å²) in [6, 6.07) is 51.5. The SMILES string of the molecule is c1ccc(-c2nc(-c3ccccc3)nc(-c3cc4ccccc4c4oc5ccc(-c6cccc7c6oc6ccccc67)cc5c34)n2)cc1. The van der Waals surface area contributed by atoms with Crippen LogP contribution in [0.1, 0.15) is 0 Å². The van der Waals surface area contributed by atoms with E-state index >= 15 is 0 Å². The molecule has 5 nitrogen and oxygen atoms in total. The summed E-state index contributed by atoms with van der Waals surface area (Å²) in [5, 5.41) is 6.24. The molecule has 0 N–H and O–H groups in total. The molecule has 0 saturated heterocycles. The molecule has 0 unspecified atom stereocenters. The molecule has 5 heteroatoms. The zero-order valence-corrected chi connectivity index (χ0v) is 25.6. The Balaban J connectivity index is 1.27. The predicted molar refractivity (Wildman–Crippen MR) is 194 cm³/mol. The molecule has 7 aromatic carbocycles. The van der Waals surface area contributed by atoms with Crippen LogP contribution in [0.25, 0.3) is 99.9 Å². The number of benzene rings is 7. The Morgan fingerprint density at radius 1 is 0.354 bits per heavy atom. The Morgan fingerprint density at radius 3 is 1.73 bits per heavy atom. The quantitative estimate of drug-likeness (QED) is 0.197. The minimum Gasteiger partial charge on any atom is -0.455 e. The standard InChI is InChI=1S/C43H25N3O2/c1-3-12-26(13-4-1)41-44-42(27-14-5-2-6-15-27)46-43(45-41)35-25-28-16-7-8-17-31(28)40-38(35)34-24-29(22-23-37(34)48-40)30-19-11-20-33-32-18-9-10-21-36(32)47-39(30)33/h1-25H. The molecule has 0 atom stereocenters. The lowest BCUT2D eigenvalue weighted by molar-refractivity contribution is 0.669. The average molecular weight is 616 g/mol. The van der Waals surface area contributed by atoms with E-state index in [1.54, 1.807) is 0 Å². The van der Waals surface area contributed by atoms with Crippen molar-refractivity contribution in [1.82, 2.24) is 15.0 Å². The van der Waals surface area contributed by atoms with Crippen LogP contribution >= 0.6 is 0 Å². The van der Waals surface area contributed by atoms with Crippen LogP contribution in [0, 0.1) is 0 Å². The second-order valence-corrected chi connectivity index (χ2v) is 12.0. The first-order chi connectivity index (χ1) is 23.8. The number of hydrogen-bond donors (Lipinski definition) is 0. The maximum absolute atomic E-state index is 6.69. The lowest BCUT2D eigenvalue weighted by atomic mass is 9.97. The Labute approximate surface area is 274 Å². The van der Waals surface area contributed by atoms with E-state index < -0.39 is 0 Å². The fourth-order valence-electron chi connectivity index (χ4n) is 6.86. The first kappa shape index (κ1) is 26.6. The van der Waals surface area contributed by atoms with Crippen molar-refractivity contribution in [3.05, 3.63) is 152 Å². The summed E-state index contributed by atoms with van der Waals surface area (Å²) < 4.78 is 13.1. The van der Waals surface area contributed by atoms with Crippen molar-refractivity contribution < 1.29 is 8.83 Å². The summed E-state index contributed by atoms with van der Waals surface area (Å²) >= 11 is 0. The number of nitrogens with zero attached hydrogens (tertiary/aromatic N) is 3. The molecule has 0 spiro atoms. The van der Waals surface area contributed by atoms with Crippen LogP contribution in [0.4, 0.5) is 0 Å². The van der Waals surface area contributed by atoms with Crippen LogP contribution in [0.3, 0.4) is 0 Å². The Bertz CT molecular complexity index is 2780. The van der Waals surface area contributed by atoms with Gasteiger partial charge in [-0.15, -0.1) is 0 Å². The lowest BCUT2D eigenvalue weighted by Gasteiger charge is -2.10. The summed E-state index contributed by atoms with van der Waals surface area (Å²) in [5.74, 6) is 1.82. The van der Waals surface area contributed by atoms with E-state index in [9.17, 15) is 0 Å². The van der Waals surface area contributed by atoms with Gasteiger partial charge >= 0.3 is 0 Å². The van der Waals surface area contributed by atoms with Crippen molar-refractivity contribution in [2.24, 2.45) is 0 Å². The van der Waals surface area contributed by atoms with Gasteiger partial charge in [-0.1, -0.05) is 127 Å². The van der Waals surface area contributed by atoms with Gasteiger partial charge in [-0.25, -0.2) is 15.0 Å². The van der Waals surface area contributed by atoms with E-state index in [2.05, 4.69) is 60.7 Å². The maximum atomic E-state index is 6.69. The molecule has 0 fully saturated rings. The van der Waals surface area contributed by atoms with E-state index in [1.165, 1.54) is 0 Å². The van der Waals surface area contributed by atoms with Crippen molar-refractivity contribution in [3.63, 3.8) is 0 Å². The highest BCUT2D eigenvalue weighted by Gasteiger charge is 2.21. The van der Waals surface area contributed by atoms with Gasteiger partial charge in [0.15, 0.2) is 17.5 Å². The van der Waals surface area contributed by atoms with Crippen LogP contribution < -0.4 is 0 Å². The summed E-state index contributed by atoms with van der Waals surface area (Å²) in [6.07, 6.45) is 0. The zero-order valence-electron chi connectivity index (χ0n) is 25.6. The molecule has 3 aromatic heterocycles. The minimum absolute atomic E-state index is 0.589. The number of hydrogen-bond acceptors (Lipinski definition) is 5. The van der Waals surface area contributed by atoms with E-state index in [0.717, 1.165) is 82.5 Å². The summed E-state index contributed by atoms with van der Waals surface area (Å²) in [5.41, 5.74) is 8.15. The van der Waals surface area contributed by atoms with Crippen molar-refractivity contribution in [1.29, 1.82) is 0 Å². The molecule has 3 heterocycles. The fourth-order valence-corrected chi connectivity index (χ4v) is 6.86. The van der Waals surface area contributed by atoms with Crippen LogP contribution in [-0.4, -0.2) is 15.0 Å². The van der Waals surface area contributed by atoms with Crippen LogP contribution in [0.2, 0.25) is 0 Å². The zero-order chi connectivity index (χ0) is 31.6. The number of aromatic nitrogens is 3. The van der Waals surface area contributed by atoms with Crippen molar-refractivity contribution >= 4 is 54.6 Å². The van der Waals surface area contributed by atoms with Gasteiger partial charge < -0.3 is 8.83 Å². The van der Waals surface area contributed by atoms with E-state index in [1.807, 2.05) is 91.0 Å². The highest BCUT2D eigenvalue weighted by atomic mass is 16.3. The highest BCUT2D eigenvalue weighted by molar-refractivity contribution is 6.21. The monoisotopic (exact) mass is 615 g/mol. The van der Waals surface area contributed by atoms with Gasteiger partial charge in [0, 0.05) is 49.2 Å². The normalized spacial score (nSPS) is 11.8. The molecule has 48 heavy (non-hydrogen) atoms. The van der Waals surface area contributed by atoms with Crippen molar-refractivity contribution in [3.8, 4) is 45.3 Å². The third-order valence-electron chi connectivity index (χ3n) is 9.12. The van der Waals surface area contributed by atoms with Gasteiger partial charge in [0.05, 0.1) is 0 Å². The Hall–Kier alpha value is -6.59. The average Bonchev–Trinajstić information content (AvgIpc) is 3.74. The molecule has 0 saturated carbocycles. The lowest BCUT2D eigenvalue weighted by Crippen LogP contribution is -2.00. The third kappa shape index (κ3) is 4.15. The second kappa shape index (κ2) is 10.5. The second-order valence-electron chi connectivity index (χ2n) is 12.0. The molecule has 0 radical (unpaired) electrons. The van der Waals surface area contributed by atoms with Gasteiger partial charge in [0.25, 0.3) is 0 Å². The molecule has 0 aliphatic rings. The Morgan fingerprint density at radius 2 is 0.958 bits per heavy atom. The van der Waals surface area contributed by atoms with Gasteiger partial charge in [0.2, 0.25) is 0 Å². The smallest absolute Gasteiger partial charge is 0.164 e. The molecular formula is C43H25N3O2. The van der Waals surface area contributed by atoms with Gasteiger partial charge in [-0.05, 0) is 35.2 Å². The van der Waals surface area contributed by atoms with Crippen LogP contribution in [0.5, 0.6) is 0 Å². The first-order valence-electron chi connectivity index (χ1n) is 15.9. The number of fused-ring (bicyclic) bond motifs is 8. The molecule has 0 amide bonds. The summed E-state index contributed by atoms with van der Waals surface area (Å²) in [4.78, 5) is 15.2. The molecule has 224 valence electrons. The highest BCUT2D eigenvalue weighted by Crippen LogP contribution is 2.43. The van der Waals surface area contributed by atoms with Crippen molar-refractivity contribution in [2.45, 2.75) is 0 Å². The van der Waals surface area contributed by atoms with Gasteiger partial charge in [-0.2, -0.15) is 0 Å². The van der Waals surface area contributed by atoms with E-state index in [-0.39, 0.29) is 0 Å². The summed E-state index contributed by atoms with van der Waals surface area (Å²) in [7, 11) is 0.